The van der Waals surface area contributed by atoms with E-state index < -0.39 is 6.04 Å². The minimum absolute atomic E-state index is 0.0539. The van der Waals surface area contributed by atoms with Crippen LogP contribution in [0.15, 0.2) is 78.9 Å². The molecule has 3 rings (SSSR count). The molecule has 1 N–H and O–H groups in total. The number of rotatable bonds is 10. The van der Waals surface area contributed by atoms with E-state index in [1.807, 2.05) is 87.5 Å². The van der Waals surface area contributed by atoms with E-state index in [-0.39, 0.29) is 31.0 Å². The summed E-state index contributed by atoms with van der Waals surface area (Å²) in [5.41, 5.74) is 2.89. The number of nitrogens with zero attached hydrogens (tertiary/aromatic N) is 1. The molecule has 6 heteroatoms. The van der Waals surface area contributed by atoms with Crippen molar-refractivity contribution in [3.05, 3.63) is 101 Å². The molecule has 34 heavy (non-hydrogen) atoms. The van der Waals surface area contributed by atoms with Crippen molar-refractivity contribution in [1.29, 1.82) is 0 Å². The zero-order valence-electron chi connectivity index (χ0n) is 19.8. The van der Waals surface area contributed by atoms with Gasteiger partial charge in [0.1, 0.15) is 11.8 Å². The third-order valence-corrected chi connectivity index (χ3v) is 5.57. The molecule has 3 aromatic carbocycles. The lowest BCUT2D eigenvalue weighted by Crippen LogP contribution is -2.52. The number of halogens is 1. The van der Waals surface area contributed by atoms with Gasteiger partial charge in [-0.2, -0.15) is 0 Å². The Labute approximate surface area is 206 Å². The van der Waals surface area contributed by atoms with Gasteiger partial charge in [0, 0.05) is 24.0 Å². The molecular formula is C28H31ClN2O3. The summed E-state index contributed by atoms with van der Waals surface area (Å²) in [5, 5.41) is 3.59. The monoisotopic (exact) mass is 478 g/mol. The van der Waals surface area contributed by atoms with Crippen LogP contribution in [0.3, 0.4) is 0 Å². The van der Waals surface area contributed by atoms with E-state index in [1.165, 1.54) is 0 Å². The molecule has 0 saturated heterocycles. The summed E-state index contributed by atoms with van der Waals surface area (Å²) in [6.07, 6.45) is 0.392. The number of nitrogens with one attached hydrogen (secondary N) is 1. The fourth-order valence-electron chi connectivity index (χ4n) is 3.65. The lowest BCUT2D eigenvalue weighted by molar-refractivity contribution is -0.143. The Balaban J connectivity index is 1.90. The molecule has 2 amide bonds. The molecule has 0 heterocycles. The van der Waals surface area contributed by atoms with Crippen LogP contribution in [0.4, 0.5) is 0 Å². The number of amides is 2. The van der Waals surface area contributed by atoms with Gasteiger partial charge in [-0.05, 0) is 61.7 Å². The predicted molar refractivity (Wildman–Crippen MR) is 136 cm³/mol. The summed E-state index contributed by atoms with van der Waals surface area (Å²) >= 11 is 6.05. The van der Waals surface area contributed by atoms with Crippen molar-refractivity contribution >= 4 is 23.4 Å². The van der Waals surface area contributed by atoms with Crippen molar-refractivity contribution in [3.8, 4) is 5.75 Å². The first-order chi connectivity index (χ1) is 16.3. The Kier molecular flexibility index (Phi) is 9.11. The summed E-state index contributed by atoms with van der Waals surface area (Å²) in [5.74, 6) is 0.152. The second-order valence-electron chi connectivity index (χ2n) is 8.62. The normalized spacial score (nSPS) is 11.7. The van der Waals surface area contributed by atoms with Gasteiger partial charge in [0.2, 0.25) is 5.91 Å². The first-order valence-corrected chi connectivity index (χ1v) is 11.8. The van der Waals surface area contributed by atoms with Gasteiger partial charge in [-0.15, -0.1) is 0 Å². The van der Waals surface area contributed by atoms with Crippen LogP contribution in [0.2, 0.25) is 5.02 Å². The maximum atomic E-state index is 13.5. The highest BCUT2D eigenvalue weighted by molar-refractivity contribution is 6.30. The zero-order valence-corrected chi connectivity index (χ0v) is 20.6. The lowest BCUT2D eigenvalue weighted by Gasteiger charge is -2.32. The Morgan fingerprint density at radius 1 is 0.941 bits per heavy atom. The molecule has 0 aliphatic heterocycles. The van der Waals surface area contributed by atoms with Gasteiger partial charge in [0.05, 0.1) is 0 Å². The molecule has 0 saturated carbocycles. The maximum Gasteiger partial charge on any atom is 0.261 e. The fourth-order valence-corrected chi connectivity index (χ4v) is 3.78. The minimum atomic E-state index is -0.700. The van der Waals surface area contributed by atoms with Gasteiger partial charge < -0.3 is 15.0 Å². The number of carbonyl (C=O) groups is 2. The molecule has 1 atom stereocenters. The van der Waals surface area contributed by atoms with E-state index in [1.54, 1.807) is 17.0 Å². The van der Waals surface area contributed by atoms with Crippen molar-refractivity contribution in [1.82, 2.24) is 10.2 Å². The Bertz CT molecular complexity index is 1080. The number of aryl methyl sites for hydroxylation is 1. The number of hydrogen-bond acceptors (Lipinski definition) is 3. The number of ether oxygens (including phenoxy) is 1. The van der Waals surface area contributed by atoms with Gasteiger partial charge >= 0.3 is 0 Å². The van der Waals surface area contributed by atoms with E-state index in [4.69, 9.17) is 16.3 Å². The molecule has 0 aromatic heterocycles. The first-order valence-electron chi connectivity index (χ1n) is 11.4. The number of benzene rings is 3. The molecule has 1 unspecified atom stereocenters. The first kappa shape index (κ1) is 25.3. The largest absolute Gasteiger partial charge is 0.484 e. The third kappa shape index (κ3) is 7.63. The molecule has 0 fully saturated rings. The highest BCUT2D eigenvalue weighted by Crippen LogP contribution is 2.18. The molecule has 0 aliphatic rings. The molecule has 0 bridgehead atoms. The van der Waals surface area contributed by atoms with Crippen molar-refractivity contribution in [3.63, 3.8) is 0 Å². The van der Waals surface area contributed by atoms with Crippen LogP contribution in [-0.4, -0.2) is 35.4 Å². The van der Waals surface area contributed by atoms with E-state index in [9.17, 15) is 9.59 Å². The van der Waals surface area contributed by atoms with Crippen LogP contribution in [0.1, 0.15) is 30.5 Å². The topological polar surface area (TPSA) is 58.6 Å². The van der Waals surface area contributed by atoms with Gasteiger partial charge in [-0.3, -0.25) is 9.59 Å². The second-order valence-corrected chi connectivity index (χ2v) is 9.06. The molecule has 0 radical (unpaired) electrons. The van der Waals surface area contributed by atoms with E-state index >= 15 is 0 Å². The van der Waals surface area contributed by atoms with Gasteiger partial charge in [-0.1, -0.05) is 66.2 Å². The average Bonchev–Trinajstić information content (AvgIpc) is 2.81. The van der Waals surface area contributed by atoms with Gasteiger partial charge in [-0.25, -0.2) is 0 Å². The summed E-state index contributed by atoms with van der Waals surface area (Å²) in [7, 11) is 0. The third-order valence-electron chi connectivity index (χ3n) is 5.32. The Morgan fingerprint density at radius 3 is 2.29 bits per heavy atom. The van der Waals surface area contributed by atoms with Crippen LogP contribution in [0.25, 0.3) is 0 Å². The zero-order chi connectivity index (χ0) is 24.5. The van der Waals surface area contributed by atoms with Crippen molar-refractivity contribution < 1.29 is 14.3 Å². The smallest absolute Gasteiger partial charge is 0.261 e. The fraction of sp³-hybridized carbons (Fsp3) is 0.286. The van der Waals surface area contributed by atoms with E-state index in [0.29, 0.717) is 17.2 Å². The number of carbonyl (C=O) groups excluding carboxylic acids is 2. The van der Waals surface area contributed by atoms with Gasteiger partial charge in [0.25, 0.3) is 5.91 Å². The average molecular weight is 479 g/mol. The van der Waals surface area contributed by atoms with Gasteiger partial charge in [0.15, 0.2) is 6.61 Å². The summed E-state index contributed by atoms with van der Waals surface area (Å²) in [6.45, 7) is 5.87. The van der Waals surface area contributed by atoms with Crippen LogP contribution in [0, 0.1) is 6.92 Å². The molecule has 0 aliphatic carbocycles. The standard InChI is InChI=1S/C28H31ClN2O3/c1-20(2)30-28(33)26(17-22-9-5-4-6-10-22)31(18-23-12-14-24(29)15-13-23)27(32)19-34-25-11-7-8-21(3)16-25/h4-16,20,26H,17-19H2,1-3H3,(H,30,33). The highest BCUT2D eigenvalue weighted by Gasteiger charge is 2.31. The Hall–Kier alpha value is -3.31. The van der Waals surface area contributed by atoms with Crippen LogP contribution < -0.4 is 10.1 Å². The second kappa shape index (κ2) is 12.2. The van der Waals surface area contributed by atoms with Crippen LogP contribution >= 0.6 is 11.6 Å². The predicted octanol–water partition coefficient (Wildman–Crippen LogP) is 5.19. The van der Waals surface area contributed by atoms with E-state index in [0.717, 1.165) is 16.7 Å². The van der Waals surface area contributed by atoms with Crippen LogP contribution in [0.5, 0.6) is 5.75 Å². The van der Waals surface area contributed by atoms with Crippen molar-refractivity contribution in [2.45, 2.75) is 45.8 Å². The van der Waals surface area contributed by atoms with Crippen molar-refractivity contribution in [2.24, 2.45) is 0 Å². The van der Waals surface area contributed by atoms with Crippen LogP contribution in [-0.2, 0) is 22.6 Å². The maximum absolute atomic E-state index is 13.5. The quantitative estimate of drug-likeness (QED) is 0.436. The summed E-state index contributed by atoms with van der Waals surface area (Å²) in [4.78, 5) is 28.4. The molecule has 178 valence electrons. The molecule has 5 nitrogen and oxygen atoms in total. The SMILES string of the molecule is Cc1cccc(OCC(=O)N(Cc2ccc(Cl)cc2)C(Cc2ccccc2)C(=O)NC(C)C)c1. The summed E-state index contributed by atoms with van der Waals surface area (Å²) in [6, 6.07) is 23.8. The molecular weight excluding hydrogens is 448 g/mol. The lowest BCUT2D eigenvalue weighted by atomic mass is 10.0. The molecule has 0 spiro atoms. The highest BCUT2D eigenvalue weighted by atomic mass is 35.5. The van der Waals surface area contributed by atoms with Crippen molar-refractivity contribution in [2.75, 3.05) is 6.61 Å². The minimum Gasteiger partial charge on any atom is -0.484 e. The summed E-state index contributed by atoms with van der Waals surface area (Å²) < 4.78 is 5.80. The molecule has 3 aromatic rings. The van der Waals surface area contributed by atoms with E-state index in [2.05, 4.69) is 5.32 Å². The number of hydrogen-bond donors (Lipinski definition) is 1. The Morgan fingerprint density at radius 2 is 1.65 bits per heavy atom.